The van der Waals surface area contributed by atoms with Gasteiger partial charge in [0.25, 0.3) is 0 Å². The Morgan fingerprint density at radius 1 is 1.05 bits per heavy atom. The molecule has 0 amide bonds. The Morgan fingerprint density at radius 3 is 2.70 bits per heavy atom. The fraction of sp³-hybridized carbons (Fsp3) is 0.333. The van der Waals surface area contributed by atoms with Gasteiger partial charge >= 0.3 is 0 Å². The number of hydrogen-bond donors (Lipinski definition) is 1. The number of rotatable bonds is 2. The van der Waals surface area contributed by atoms with Crippen LogP contribution in [0, 0.1) is 13.8 Å². The molecule has 3 rings (SSSR count). The first-order valence-corrected chi connectivity index (χ1v) is 7.18. The second-order valence-electron chi connectivity index (χ2n) is 5.51. The van der Waals surface area contributed by atoms with Crippen molar-refractivity contribution in [3.63, 3.8) is 0 Å². The molecular weight excluding hydrogens is 246 g/mol. The summed E-state index contributed by atoms with van der Waals surface area (Å²) in [5.74, 6) is 0.970. The van der Waals surface area contributed by atoms with Gasteiger partial charge in [0.1, 0.15) is 5.75 Å². The van der Waals surface area contributed by atoms with Crippen LogP contribution in [0.25, 0.3) is 11.1 Å². The van der Waals surface area contributed by atoms with E-state index in [9.17, 15) is 0 Å². The smallest absolute Gasteiger partial charge is 0.122 e. The molecule has 0 fully saturated rings. The summed E-state index contributed by atoms with van der Waals surface area (Å²) in [6, 6.07) is 11.0. The van der Waals surface area contributed by atoms with Crippen LogP contribution in [0.4, 0.5) is 0 Å². The average Bonchev–Trinajstić information content (AvgIpc) is 2.48. The lowest BCUT2D eigenvalue weighted by Crippen LogP contribution is -2.24. The highest BCUT2D eigenvalue weighted by atomic mass is 16.5. The van der Waals surface area contributed by atoms with Crippen LogP contribution >= 0.6 is 0 Å². The van der Waals surface area contributed by atoms with Crippen molar-refractivity contribution in [1.29, 1.82) is 0 Å². The molecule has 1 N–H and O–H groups in total. The molecule has 2 heteroatoms. The Kier molecular flexibility index (Phi) is 3.49. The molecule has 0 spiro atoms. The van der Waals surface area contributed by atoms with Crippen LogP contribution in [-0.4, -0.2) is 13.7 Å². The number of nitrogens with one attached hydrogen (secondary N) is 1. The zero-order chi connectivity index (χ0) is 14.1. The first kappa shape index (κ1) is 13.2. The van der Waals surface area contributed by atoms with Crippen LogP contribution in [0.3, 0.4) is 0 Å². The lowest BCUT2D eigenvalue weighted by molar-refractivity contribution is 0.411. The largest absolute Gasteiger partial charge is 0.496 e. The third-order valence-corrected chi connectivity index (χ3v) is 4.17. The number of ether oxygens (including phenoxy) is 1. The number of benzene rings is 2. The van der Waals surface area contributed by atoms with Gasteiger partial charge in [0, 0.05) is 6.54 Å². The van der Waals surface area contributed by atoms with Gasteiger partial charge in [0.05, 0.1) is 7.11 Å². The van der Waals surface area contributed by atoms with E-state index in [0.717, 1.165) is 25.3 Å². The van der Waals surface area contributed by atoms with Crippen LogP contribution in [0.2, 0.25) is 0 Å². The van der Waals surface area contributed by atoms with E-state index in [1.807, 2.05) is 0 Å². The zero-order valence-corrected chi connectivity index (χ0v) is 12.4. The summed E-state index contributed by atoms with van der Waals surface area (Å²) in [6.07, 6.45) is 1.11. The van der Waals surface area contributed by atoms with Gasteiger partial charge in [-0.3, -0.25) is 0 Å². The summed E-state index contributed by atoms with van der Waals surface area (Å²) >= 11 is 0. The van der Waals surface area contributed by atoms with E-state index in [1.54, 1.807) is 7.11 Å². The Morgan fingerprint density at radius 2 is 1.90 bits per heavy atom. The lowest BCUT2D eigenvalue weighted by atomic mass is 9.89. The van der Waals surface area contributed by atoms with E-state index in [2.05, 4.69) is 49.5 Å². The minimum Gasteiger partial charge on any atom is -0.496 e. The lowest BCUT2D eigenvalue weighted by Gasteiger charge is -2.22. The van der Waals surface area contributed by atoms with E-state index in [1.165, 1.54) is 33.4 Å². The molecule has 0 radical (unpaired) electrons. The van der Waals surface area contributed by atoms with Crippen molar-refractivity contribution in [2.75, 3.05) is 13.7 Å². The standard InChI is InChI=1S/C18H21NO/c1-12-10-18(20-3)13(2)9-17(12)16-6-4-5-14-11-19-8-7-15(14)16/h4-6,9-10,19H,7-8,11H2,1-3H3. The summed E-state index contributed by atoms with van der Waals surface area (Å²) < 4.78 is 5.42. The summed E-state index contributed by atoms with van der Waals surface area (Å²) in [5, 5.41) is 3.44. The molecule has 2 nitrogen and oxygen atoms in total. The van der Waals surface area contributed by atoms with Gasteiger partial charge in [-0.1, -0.05) is 18.2 Å². The highest BCUT2D eigenvalue weighted by Crippen LogP contribution is 2.34. The fourth-order valence-corrected chi connectivity index (χ4v) is 3.08. The Balaban J connectivity index is 2.16. The molecule has 2 aromatic rings. The third kappa shape index (κ3) is 2.20. The van der Waals surface area contributed by atoms with E-state index in [4.69, 9.17) is 4.74 Å². The van der Waals surface area contributed by atoms with Crippen molar-refractivity contribution in [1.82, 2.24) is 5.32 Å². The molecule has 0 atom stereocenters. The van der Waals surface area contributed by atoms with Crippen LogP contribution in [-0.2, 0) is 13.0 Å². The van der Waals surface area contributed by atoms with E-state index >= 15 is 0 Å². The van der Waals surface area contributed by atoms with Gasteiger partial charge in [-0.05, 0) is 72.3 Å². The maximum absolute atomic E-state index is 5.42. The summed E-state index contributed by atoms with van der Waals surface area (Å²) in [4.78, 5) is 0. The molecule has 1 aliphatic rings. The predicted molar refractivity (Wildman–Crippen MR) is 83.3 cm³/mol. The van der Waals surface area contributed by atoms with Crippen LogP contribution < -0.4 is 10.1 Å². The number of aryl methyl sites for hydroxylation is 2. The highest BCUT2D eigenvalue weighted by Gasteiger charge is 2.15. The molecule has 104 valence electrons. The zero-order valence-electron chi connectivity index (χ0n) is 12.4. The molecule has 20 heavy (non-hydrogen) atoms. The van der Waals surface area contributed by atoms with Crippen LogP contribution in [0.5, 0.6) is 5.75 Å². The van der Waals surface area contributed by atoms with E-state index in [0.29, 0.717) is 0 Å². The highest BCUT2D eigenvalue weighted by molar-refractivity contribution is 5.74. The summed E-state index contributed by atoms with van der Waals surface area (Å²) in [5.41, 5.74) is 8.12. The molecule has 2 aromatic carbocycles. The first-order valence-electron chi connectivity index (χ1n) is 7.18. The minimum absolute atomic E-state index is 0.970. The molecule has 0 aliphatic carbocycles. The Hall–Kier alpha value is -1.80. The van der Waals surface area contributed by atoms with E-state index in [-0.39, 0.29) is 0 Å². The average molecular weight is 267 g/mol. The molecule has 0 aromatic heterocycles. The van der Waals surface area contributed by atoms with E-state index < -0.39 is 0 Å². The van der Waals surface area contributed by atoms with Gasteiger partial charge in [-0.2, -0.15) is 0 Å². The van der Waals surface area contributed by atoms with Crippen molar-refractivity contribution in [3.05, 3.63) is 52.6 Å². The van der Waals surface area contributed by atoms with Crippen molar-refractivity contribution in [2.24, 2.45) is 0 Å². The van der Waals surface area contributed by atoms with Gasteiger partial charge in [-0.15, -0.1) is 0 Å². The van der Waals surface area contributed by atoms with Gasteiger partial charge in [0.15, 0.2) is 0 Å². The monoisotopic (exact) mass is 267 g/mol. The van der Waals surface area contributed by atoms with Gasteiger partial charge in [-0.25, -0.2) is 0 Å². The van der Waals surface area contributed by atoms with Crippen LogP contribution in [0.15, 0.2) is 30.3 Å². The van der Waals surface area contributed by atoms with Crippen molar-refractivity contribution < 1.29 is 4.74 Å². The quantitative estimate of drug-likeness (QED) is 0.897. The SMILES string of the molecule is COc1cc(C)c(-c2cccc3c2CCNC3)cc1C. The van der Waals surface area contributed by atoms with Gasteiger partial charge < -0.3 is 10.1 Å². The predicted octanol–water partition coefficient (Wildman–Crippen LogP) is 3.62. The summed E-state index contributed by atoms with van der Waals surface area (Å²) in [6.45, 7) is 6.33. The topological polar surface area (TPSA) is 21.3 Å². The fourth-order valence-electron chi connectivity index (χ4n) is 3.08. The molecule has 0 bridgehead atoms. The molecule has 0 unspecified atom stereocenters. The van der Waals surface area contributed by atoms with Crippen LogP contribution in [0.1, 0.15) is 22.3 Å². The maximum Gasteiger partial charge on any atom is 0.122 e. The molecule has 1 heterocycles. The van der Waals surface area contributed by atoms with Crippen molar-refractivity contribution >= 4 is 0 Å². The summed E-state index contributed by atoms with van der Waals surface area (Å²) in [7, 11) is 1.73. The third-order valence-electron chi connectivity index (χ3n) is 4.17. The van der Waals surface area contributed by atoms with Gasteiger partial charge in [0.2, 0.25) is 0 Å². The minimum atomic E-state index is 0.970. The number of fused-ring (bicyclic) bond motifs is 1. The number of methoxy groups -OCH3 is 1. The maximum atomic E-state index is 5.42. The molecule has 0 saturated heterocycles. The molecule has 1 aliphatic heterocycles. The normalized spacial score (nSPS) is 13.9. The molecular formula is C18H21NO. The Bertz CT molecular complexity index is 646. The van der Waals surface area contributed by atoms with Crippen molar-refractivity contribution in [3.8, 4) is 16.9 Å². The van der Waals surface area contributed by atoms with Crippen molar-refractivity contribution in [2.45, 2.75) is 26.8 Å². The second-order valence-corrected chi connectivity index (χ2v) is 5.51. The molecule has 0 saturated carbocycles. The first-order chi connectivity index (χ1) is 9.70. The number of hydrogen-bond acceptors (Lipinski definition) is 2. The Labute approximate surface area is 120 Å². The second kappa shape index (κ2) is 5.29.